The highest BCUT2D eigenvalue weighted by Gasteiger charge is 2.30. The Morgan fingerprint density at radius 3 is 2.94 bits per heavy atom. The van der Waals surface area contributed by atoms with Crippen molar-refractivity contribution < 1.29 is 5.11 Å². The van der Waals surface area contributed by atoms with Crippen molar-refractivity contribution in [2.45, 2.75) is 25.4 Å². The smallest absolute Gasteiger partial charge is 0.0735 e. The van der Waals surface area contributed by atoms with E-state index < -0.39 is 0 Å². The number of benzene rings is 1. The Labute approximate surface area is 94.1 Å². The van der Waals surface area contributed by atoms with Crippen molar-refractivity contribution in [2.75, 3.05) is 0 Å². The molecule has 1 N–H and O–H groups in total. The molecule has 16 heavy (non-hydrogen) atoms. The van der Waals surface area contributed by atoms with Crippen LogP contribution in [0.3, 0.4) is 0 Å². The molecule has 0 saturated heterocycles. The van der Waals surface area contributed by atoms with E-state index in [1.54, 1.807) is 6.20 Å². The van der Waals surface area contributed by atoms with Gasteiger partial charge in [-0.25, -0.2) is 0 Å². The van der Waals surface area contributed by atoms with Crippen molar-refractivity contribution in [3.05, 3.63) is 36.2 Å². The molecule has 3 nitrogen and oxygen atoms in total. The van der Waals surface area contributed by atoms with Crippen molar-refractivity contribution in [3.8, 4) is 0 Å². The highest BCUT2D eigenvalue weighted by molar-refractivity contribution is 5.83. The van der Waals surface area contributed by atoms with Crippen LogP contribution >= 0.6 is 0 Å². The molecule has 1 fully saturated rings. The first kappa shape index (κ1) is 9.73. The van der Waals surface area contributed by atoms with Crippen molar-refractivity contribution >= 4 is 10.8 Å². The number of fused-ring (bicyclic) bond motifs is 1. The van der Waals surface area contributed by atoms with Crippen LogP contribution in [0.2, 0.25) is 0 Å². The lowest BCUT2D eigenvalue weighted by Gasteiger charge is -2.09. The van der Waals surface area contributed by atoms with Gasteiger partial charge in [0.1, 0.15) is 0 Å². The summed E-state index contributed by atoms with van der Waals surface area (Å²) in [6.45, 7) is 0. The Morgan fingerprint density at radius 1 is 1.31 bits per heavy atom. The normalized spacial score (nSPS) is 17.6. The Hall–Kier alpha value is -1.48. The SMILES string of the molecule is OC(Cc1nncc2ccccc12)C1CC1. The number of aliphatic hydroxyl groups excluding tert-OH is 1. The molecule has 1 aromatic heterocycles. The van der Waals surface area contributed by atoms with E-state index in [-0.39, 0.29) is 6.10 Å². The second-order valence-electron chi connectivity index (χ2n) is 4.49. The van der Waals surface area contributed by atoms with Gasteiger partial charge in [0.15, 0.2) is 0 Å². The lowest BCUT2D eigenvalue weighted by atomic mass is 10.0. The van der Waals surface area contributed by atoms with Gasteiger partial charge in [0.25, 0.3) is 0 Å². The Kier molecular flexibility index (Phi) is 2.33. The molecule has 0 bridgehead atoms. The average molecular weight is 214 g/mol. The van der Waals surface area contributed by atoms with Gasteiger partial charge >= 0.3 is 0 Å². The van der Waals surface area contributed by atoms with E-state index in [4.69, 9.17) is 0 Å². The summed E-state index contributed by atoms with van der Waals surface area (Å²) in [4.78, 5) is 0. The third-order valence-corrected chi connectivity index (χ3v) is 3.22. The fraction of sp³-hybridized carbons (Fsp3) is 0.385. The summed E-state index contributed by atoms with van der Waals surface area (Å²) in [5, 5.41) is 20.3. The van der Waals surface area contributed by atoms with Gasteiger partial charge in [0.05, 0.1) is 18.0 Å². The maximum atomic E-state index is 9.93. The molecule has 0 spiro atoms. The van der Waals surface area contributed by atoms with Crippen LogP contribution in [0.1, 0.15) is 18.5 Å². The molecule has 1 atom stereocenters. The predicted octanol–water partition coefficient (Wildman–Crippen LogP) is 1.94. The first-order chi connectivity index (χ1) is 7.84. The summed E-state index contributed by atoms with van der Waals surface area (Å²) >= 11 is 0. The molecule has 0 radical (unpaired) electrons. The van der Waals surface area contributed by atoms with E-state index >= 15 is 0 Å². The molecule has 3 rings (SSSR count). The van der Waals surface area contributed by atoms with Gasteiger partial charge in [-0.1, -0.05) is 24.3 Å². The number of nitrogens with zero attached hydrogens (tertiary/aromatic N) is 2. The van der Waals surface area contributed by atoms with E-state index in [1.165, 1.54) is 0 Å². The third-order valence-electron chi connectivity index (χ3n) is 3.22. The van der Waals surface area contributed by atoms with Gasteiger partial charge in [-0.15, -0.1) is 0 Å². The van der Waals surface area contributed by atoms with Crippen molar-refractivity contribution in [3.63, 3.8) is 0 Å². The summed E-state index contributed by atoms with van der Waals surface area (Å²) in [6.07, 6.45) is 4.44. The number of aromatic nitrogens is 2. The summed E-state index contributed by atoms with van der Waals surface area (Å²) in [5.74, 6) is 0.487. The fourth-order valence-electron chi connectivity index (χ4n) is 2.08. The van der Waals surface area contributed by atoms with Gasteiger partial charge in [-0.3, -0.25) is 0 Å². The first-order valence-corrected chi connectivity index (χ1v) is 5.72. The average Bonchev–Trinajstić information content (AvgIpc) is 3.13. The second-order valence-corrected chi connectivity index (χ2v) is 4.49. The van der Waals surface area contributed by atoms with Crippen LogP contribution < -0.4 is 0 Å². The molecular weight excluding hydrogens is 200 g/mol. The summed E-state index contributed by atoms with van der Waals surface area (Å²) in [6, 6.07) is 8.05. The van der Waals surface area contributed by atoms with Gasteiger partial charge in [0, 0.05) is 17.2 Å². The Balaban J connectivity index is 1.95. The number of hydrogen-bond acceptors (Lipinski definition) is 3. The quantitative estimate of drug-likeness (QED) is 0.849. The molecule has 1 unspecified atom stereocenters. The highest BCUT2D eigenvalue weighted by Crippen LogP contribution is 2.34. The standard InChI is InChI=1S/C13H14N2O/c16-13(9-5-6-9)7-12-11-4-2-1-3-10(11)8-14-15-12/h1-4,8-9,13,16H,5-7H2. The van der Waals surface area contributed by atoms with Crippen molar-refractivity contribution in [1.82, 2.24) is 10.2 Å². The molecule has 1 aromatic carbocycles. The van der Waals surface area contributed by atoms with Crippen LogP contribution in [0.4, 0.5) is 0 Å². The van der Waals surface area contributed by atoms with Crippen LogP contribution in [-0.4, -0.2) is 21.4 Å². The number of hydrogen-bond donors (Lipinski definition) is 1. The molecule has 1 aliphatic carbocycles. The highest BCUT2D eigenvalue weighted by atomic mass is 16.3. The molecule has 1 heterocycles. The van der Waals surface area contributed by atoms with Gasteiger partial charge in [0.2, 0.25) is 0 Å². The monoisotopic (exact) mass is 214 g/mol. The van der Waals surface area contributed by atoms with Crippen LogP contribution in [0.15, 0.2) is 30.5 Å². The minimum absolute atomic E-state index is 0.250. The summed E-state index contributed by atoms with van der Waals surface area (Å²) in [7, 11) is 0. The minimum Gasteiger partial charge on any atom is -0.392 e. The Bertz CT molecular complexity index is 503. The molecule has 2 aromatic rings. The maximum Gasteiger partial charge on any atom is 0.0735 e. The summed E-state index contributed by atoms with van der Waals surface area (Å²) < 4.78 is 0. The van der Waals surface area contributed by atoms with E-state index in [1.807, 2.05) is 24.3 Å². The zero-order chi connectivity index (χ0) is 11.0. The topological polar surface area (TPSA) is 46.0 Å². The minimum atomic E-state index is -0.250. The Morgan fingerprint density at radius 2 is 2.12 bits per heavy atom. The molecule has 3 heteroatoms. The molecule has 82 valence electrons. The first-order valence-electron chi connectivity index (χ1n) is 5.72. The summed E-state index contributed by atoms with van der Waals surface area (Å²) in [5.41, 5.74) is 0.914. The molecule has 0 amide bonds. The van der Waals surface area contributed by atoms with Crippen LogP contribution in [0.25, 0.3) is 10.8 Å². The van der Waals surface area contributed by atoms with Gasteiger partial charge < -0.3 is 5.11 Å². The lowest BCUT2D eigenvalue weighted by molar-refractivity contribution is 0.150. The zero-order valence-electron chi connectivity index (χ0n) is 9.00. The van der Waals surface area contributed by atoms with Gasteiger partial charge in [-0.2, -0.15) is 10.2 Å². The van der Waals surface area contributed by atoms with Gasteiger partial charge in [-0.05, 0) is 18.8 Å². The molecular formula is C13H14N2O. The molecule has 1 aliphatic rings. The third kappa shape index (κ3) is 1.78. The number of aliphatic hydroxyl groups is 1. The van der Waals surface area contributed by atoms with E-state index in [0.29, 0.717) is 12.3 Å². The second kappa shape index (κ2) is 3.83. The van der Waals surface area contributed by atoms with Crippen molar-refractivity contribution in [2.24, 2.45) is 5.92 Å². The van der Waals surface area contributed by atoms with E-state index in [0.717, 1.165) is 29.3 Å². The van der Waals surface area contributed by atoms with E-state index in [2.05, 4.69) is 10.2 Å². The van der Waals surface area contributed by atoms with E-state index in [9.17, 15) is 5.11 Å². The largest absolute Gasteiger partial charge is 0.392 e. The van der Waals surface area contributed by atoms with Crippen LogP contribution in [-0.2, 0) is 6.42 Å². The zero-order valence-corrected chi connectivity index (χ0v) is 9.00. The van der Waals surface area contributed by atoms with Crippen LogP contribution in [0.5, 0.6) is 0 Å². The lowest BCUT2D eigenvalue weighted by Crippen LogP contribution is -2.14. The number of rotatable bonds is 3. The predicted molar refractivity (Wildman–Crippen MR) is 62.0 cm³/mol. The maximum absolute atomic E-state index is 9.93. The molecule has 1 saturated carbocycles. The molecule has 0 aliphatic heterocycles. The fourth-order valence-corrected chi connectivity index (χ4v) is 2.08. The van der Waals surface area contributed by atoms with Crippen LogP contribution in [0, 0.1) is 5.92 Å². The van der Waals surface area contributed by atoms with Crippen molar-refractivity contribution in [1.29, 1.82) is 0 Å².